The molecule has 32 heavy (non-hydrogen) atoms. The number of urea groups is 1. The van der Waals surface area contributed by atoms with E-state index < -0.39 is 17.5 Å². The SMILES string of the molecule is CC1(C2CC2)NC(=O)N(CC(=O)Nc2ccc3nc(Cc4ccccc4F)[nH]c3c2)C1=O. The minimum Gasteiger partial charge on any atom is -0.342 e. The molecule has 3 N–H and O–H groups in total. The number of carbonyl (C=O) groups is 3. The molecular weight excluding hydrogens is 413 g/mol. The summed E-state index contributed by atoms with van der Waals surface area (Å²) in [6.07, 6.45) is 2.10. The van der Waals surface area contributed by atoms with E-state index in [0.717, 1.165) is 17.7 Å². The van der Waals surface area contributed by atoms with Crippen molar-refractivity contribution >= 4 is 34.6 Å². The van der Waals surface area contributed by atoms with Gasteiger partial charge in [0.15, 0.2) is 0 Å². The zero-order valence-corrected chi connectivity index (χ0v) is 17.4. The van der Waals surface area contributed by atoms with E-state index in [9.17, 15) is 18.8 Å². The number of benzene rings is 2. The molecule has 1 aliphatic heterocycles. The largest absolute Gasteiger partial charge is 0.342 e. The third kappa shape index (κ3) is 3.59. The Morgan fingerprint density at radius 2 is 2.03 bits per heavy atom. The number of aromatic nitrogens is 2. The van der Waals surface area contributed by atoms with Crippen LogP contribution < -0.4 is 10.6 Å². The van der Waals surface area contributed by atoms with Crippen LogP contribution in [0.25, 0.3) is 11.0 Å². The molecule has 5 rings (SSSR count). The van der Waals surface area contributed by atoms with Crippen LogP contribution in [0.3, 0.4) is 0 Å². The lowest BCUT2D eigenvalue weighted by atomic mass is 9.96. The molecule has 164 valence electrons. The van der Waals surface area contributed by atoms with Crippen LogP contribution in [0.5, 0.6) is 0 Å². The van der Waals surface area contributed by atoms with E-state index in [4.69, 9.17) is 0 Å². The van der Waals surface area contributed by atoms with Gasteiger partial charge in [-0.2, -0.15) is 0 Å². The number of H-pyrrole nitrogens is 1. The quantitative estimate of drug-likeness (QED) is 0.518. The van der Waals surface area contributed by atoms with Crippen molar-refractivity contribution in [1.82, 2.24) is 20.2 Å². The minimum atomic E-state index is -0.916. The van der Waals surface area contributed by atoms with Gasteiger partial charge in [0.2, 0.25) is 5.91 Å². The molecule has 0 radical (unpaired) electrons. The molecule has 1 aliphatic carbocycles. The number of hydrogen-bond acceptors (Lipinski definition) is 4. The number of fused-ring (bicyclic) bond motifs is 1. The number of imidazole rings is 1. The van der Waals surface area contributed by atoms with Crippen molar-refractivity contribution in [3.8, 4) is 0 Å². The van der Waals surface area contributed by atoms with Gasteiger partial charge in [0, 0.05) is 12.1 Å². The lowest BCUT2D eigenvalue weighted by Gasteiger charge is -2.20. The number of rotatable bonds is 6. The Morgan fingerprint density at radius 1 is 1.25 bits per heavy atom. The molecule has 0 bridgehead atoms. The van der Waals surface area contributed by atoms with Gasteiger partial charge < -0.3 is 15.6 Å². The van der Waals surface area contributed by atoms with Crippen LogP contribution in [0.2, 0.25) is 0 Å². The molecule has 0 spiro atoms. The van der Waals surface area contributed by atoms with E-state index in [2.05, 4.69) is 20.6 Å². The fourth-order valence-corrected chi connectivity index (χ4v) is 4.19. The van der Waals surface area contributed by atoms with Gasteiger partial charge in [-0.3, -0.25) is 14.5 Å². The normalized spacial score (nSPS) is 20.6. The minimum absolute atomic E-state index is 0.133. The summed E-state index contributed by atoms with van der Waals surface area (Å²) in [5.41, 5.74) is 1.49. The van der Waals surface area contributed by atoms with E-state index >= 15 is 0 Å². The van der Waals surface area contributed by atoms with E-state index in [1.807, 2.05) is 0 Å². The number of imide groups is 1. The van der Waals surface area contributed by atoms with Gasteiger partial charge in [0.05, 0.1) is 11.0 Å². The van der Waals surface area contributed by atoms with Crippen LogP contribution in [0.15, 0.2) is 42.5 Å². The van der Waals surface area contributed by atoms with Gasteiger partial charge in [-0.15, -0.1) is 0 Å². The summed E-state index contributed by atoms with van der Waals surface area (Å²) >= 11 is 0. The molecule has 2 aromatic carbocycles. The van der Waals surface area contributed by atoms with Gasteiger partial charge >= 0.3 is 6.03 Å². The molecule has 1 unspecified atom stereocenters. The molecule has 4 amide bonds. The van der Waals surface area contributed by atoms with Crippen molar-refractivity contribution < 1.29 is 18.8 Å². The Labute approximate surface area is 183 Å². The second-order valence-electron chi connectivity index (χ2n) is 8.53. The van der Waals surface area contributed by atoms with Gasteiger partial charge in [-0.05, 0) is 55.5 Å². The first-order valence-electron chi connectivity index (χ1n) is 10.5. The average molecular weight is 435 g/mol. The van der Waals surface area contributed by atoms with Crippen molar-refractivity contribution in [3.63, 3.8) is 0 Å². The molecule has 1 saturated carbocycles. The number of nitrogens with one attached hydrogen (secondary N) is 3. The first-order valence-corrected chi connectivity index (χ1v) is 10.5. The van der Waals surface area contributed by atoms with Crippen LogP contribution in [-0.4, -0.2) is 44.8 Å². The van der Waals surface area contributed by atoms with Gasteiger partial charge in [0.25, 0.3) is 5.91 Å². The first-order chi connectivity index (χ1) is 15.3. The number of hydrogen-bond donors (Lipinski definition) is 3. The third-order valence-corrected chi connectivity index (χ3v) is 6.13. The number of anilines is 1. The third-order valence-electron chi connectivity index (χ3n) is 6.13. The number of nitrogens with zero attached hydrogens (tertiary/aromatic N) is 2. The summed E-state index contributed by atoms with van der Waals surface area (Å²) in [4.78, 5) is 46.0. The molecule has 1 aromatic heterocycles. The van der Waals surface area contributed by atoms with Crippen LogP contribution in [-0.2, 0) is 16.0 Å². The average Bonchev–Trinajstić information content (AvgIpc) is 3.50. The number of carbonyl (C=O) groups excluding carboxylic acids is 3. The first kappa shape index (κ1) is 20.2. The van der Waals surface area contributed by atoms with Crippen molar-refractivity contribution in [1.29, 1.82) is 0 Å². The van der Waals surface area contributed by atoms with Crippen molar-refractivity contribution in [2.45, 2.75) is 31.7 Å². The van der Waals surface area contributed by atoms with E-state index in [0.29, 0.717) is 34.5 Å². The lowest BCUT2D eigenvalue weighted by Crippen LogP contribution is -2.46. The summed E-state index contributed by atoms with van der Waals surface area (Å²) < 4.78 is 13.9. The predicted octanol–water partition coefficient (Wildman–Crippen LogP) is 2.95. The highest BCUT2D eigenvalue weighted by molar-refractivity contribution is 6.10. The highest BCUT2D eigenvalue weighted by atomic mass is 19.1. The highest BCUT2D eigenvalue weighted by Crippen LogP contribution is 2.42. The second-order valence-corrected chi connectivity index (χ2v) is 8.53. The smallest absolute Gasteiger partial charge is 0.325 e. The fraction of sp³-hybridized carbons (Fsp3) is 0.304. The summed E-state index contributed by atoms with van der Waals surface area (Å²) in [5, 5.41) is 5.45. The zero-order chi connectivity index (χ0) is 22.5. The van der Waals surface area contributed by atoms with Crippen molar-refractivity contribution in [2.24, 2.45) is 5.92 Å². The molecule has 1 atom stereocenters. The van der Waals surface area contributed by atoms with Crippen molar-refractivity contribution in [3.05, 3.63) is 59.7 Å². The Hall–Kier alpha value is -3.75. The maximum atomic E-state index is 13.9. The molecule has 2 aliphatic rings. The molecular formula is C23H22FN5O3. The summed E-state index contributed by atoms with van der Waals surface area (Å²) in [5.74, 6) is -0.388. The molecule has 9 heteroatoms. The summed E-state index contributed by atoms with van der Waals surface area (Å²) in [6, 6.07) is 11.1. The van der Waals surface area contributed by atoms with Crippen LogP contribution >= 0.6 is 0 Å². The topological polar surface area (TPSA) is 107 Å². The standard InChI is InChI=1S/C23H22FN5O3/c1-23(14-6-7-14)21(31)29(22(32)28-23)12-20(30)25-15-8-9-17-18(11-15)27-19(26-17)10-13-4-2-3-5-16(13)24/h2-5,8-9,11,14H,6-7,10,12H2,1H3,(H,25,30)(H,26,27)(H,28,32). The Morgan fingerprint density at radius 3 is 2.78 bits per heavy atom. The Bertz CT molecular complexity index is 1250. The maximum absolute atomic E-state index is 13.9. The van der Waals surface area contributed by atoms with E-state index in [-0.39, 0.29) is 24.2 Å². The van der Waals surface area contributed by atoms with Gasteiger partial charge in [0.1, 0.15) is 23.7 Å². The lowest BCUT2D eigenvalue weighted by molar-refractivity contribution is -0.134. The number of aromatic amines is 1. The molecule has 8 nitrogen and oxygen atoms in total. The number of amides is 4. The van der Waals surface area contributed by atoms with Crippen molar-refractivity contribution in [2.75, 3.05) is 11.9 Å². The number of halogens is 1. The second kappa shape index (κ2) is 7.44. The molecule has 3 aromatic rings. The van der Waals surface area contributed by atoms with Crippen LogP contribution in [0.4, 0.5) is 14.9 Å². The Kier molecular flexibility index (Phi) is 4.69. The maximum Gasteiger partial charge on any atom is 0.325 e. The zero-order valence-electron chi connectivity index (χ0n) is 17.4. The van der Waals surface area contributed by atoms with E-state index in [1.165, 1.54) is 6.07 Å². The fourth-order valence-electron chi connectivity index (χ4n) is 4.19. The highest BCUT2D eigenvalue weighted by Gasteiger charge is 2.56. The molecule has 2 heterocycles. The molecule has 1 saturated heterocycles. The van der Waals surface area contributed by atoms with Gasteiger partial charge in [-0.25, -0.2) is 14.2 Å². The summed E-state index contributed by atoms with van der Waals surface area (Å²) in [6.45, 7) is 1.36. The Balaban J connectivity index is 1.27. The predicted molar refractivity (Wildman–Crippen MR) is 115 cm³/mol. The monoisotopic (exact) mass is 435 g/mol. The van der Waals surface area contributed by atoms with Crippen LogP contribution in [0, 0.1) is 11.7 Å². The van der Waals surface area contributed by atoms with E-state index in [1.54, 1.807) is 43.3 Å². The molecule has 2 fully saturated rings. The van der Waals surface area contributed by atoms with Crippen LogP contribution in [0.1, 0.15) is 31.2 Å². The summed E-state index contributed by atoms with van der Waals surface area (Å²) in [7, 11) is 0. The van der Waals surface area contributed by atoms with Gasteiger partial charge in [-0.1, -0.05) is 18.2 Å².